The van der Waals surface area contributed by atoms with Gasteiger partial charge >= 0.3 is 6.36 Å². The lowest BCUT2D eigenvalue weighted by Gasteiger charge is -2.15. The fourth-order valence-corrected chi connectivity index (χ4v) is 1.54. The number of carbonyl (C=O) groups is 1. The fourth-order valence-electron chi connectivity index (χ4n) is 1.39. The molecule has 0 heterocycles. The summed E-state index contributed by atoms with van der Waals surface area (Å²) in [6.07, 6.45) is -4.50. The van der Waals surface area contributed by atoms with E-state index in [2.05, 4.69) is 4.74 Å². The minimum absolute atomic E-state index is 0.142. The maximum atomic E-state index is 12.2. The van der Waals surface area contributed by atoms with Crippen LogP contribution >= 0.6 is 11.6 Å². The van der Waals surface area contributed by atoms with Crippen molar-refractivity contribution in [2.24, 2.45) is 0 Å². The second-order valence-corrected chi connectivity index (χ2v) is 3.52. The molecule has 0 radical (unpaired) electrons. The van der Waals surface area contributed by atoms with Crippen LogP contribution in [0.4, 0.5) is 13.2 Å². The van der Waals surface area contributed by atoms with Gasteiger partial charge in [-0.1, -0.05) is 19.1 Å². The Balaban J connectivity index is 3.25. The van der Waals surface area contributed by atoms with Gasteiger partial charge in [0.15, 0.2) is 5.78 Å². The number of carbonyl (C=O) groups excluding carboxylic acids is 1. The largest absolute Gasteiger partial charge is 0.573 e. The third-order valence-electron chi connectivity index (χ3n) is 2.12. The molecule has 6 heteroatoms. The van der Waals surface area contributed by atoms with Crippen molar-refractivity contribution in [3.8, 4) is 5.75 Å². The van der Waals surface area contributed by atoms with Crippen LogP contribution in [-0.2, 0) is 6.42 Å². The highest BCUT2D eigenvalue weighted by Crippen LogP contribution is 2.31. The van der Waals surface area contributed by atoms with E-state index in [-0.39, 0.29) is 11.4 Å². The Morgan fingerprint density at radius 2 is 2.06 bits per heavy atom. The number of hydrogen-bond acceptors (Lipinski definition) is 2. The zero-order chi connectivity index (χ0) is 13.1. The number of ether oxygens (including phenoxy) is 1. The second-order valence-electron chi connectivity index (χ2n) is 3.25. The van der Waals surface area contributed by atoms with Crippen molar-refractivity contribution in [3.05, 3.63) is 29.3 Å². The minimum atomic E-state index is -4.83. The molecule has 2 nitrogen and oxygen atoms in total. The van der Waals surface area contributed by atoms with E-state index in [0.29, 0.717) is 12.0 Å². The van der Waals surface area contributed by atoms with Crippen LogP contribution in [0, 0.1) is 0 Å². The van der Waals surface area contributed by atoms with Crippen LogP contribution < -0.4 is 4.74 Å². The van der Waals surface area contributed by atoms with Crippen molar-refractivity contribution < 1.29 is 22.7 Å². The van der Waals surface area contributed by atoms with Crippen molar-refractivity contribution in [1.82, 2.24) is 0 Å². The first-order valence-electron chi connectivity index (χ1n) is 4.85. The van der Waals surface area contributed by atoms with Gasteiger partial charge in [-0.15, -0.1) is 24.8 Å². The molecule has 0 aromatic heterocycles. The van der Waals surface area contributed by atoms with E-state index in [1.165, 1.54) is 18.2 Å². The predicted octanol–water partition coefficient (Wildman–Crippen LogP) is 3.57. The number of ketones is 1. The topological polar surface area (TPSA) is 26.3 Å². The summed E-state index contributed by atoms with van der Waals surface area (Å²) >= 11 is 5.34. The predicted molar refractivity (Wildman–Crippen MR) is 57.6 cm³/mol. The molecular weight excluding hydrogens is 257 g/mol. The lowest BCUT2D eigenvalue weighted by molar-refractivity contribution is -0.275. The number of rotatable bonds is 4. The standard InChI is InChI=1S/C11H10ClF3O2/c1-2-7-4-3-5-8(9(16)6-12)10(7)17-11(13,14)15/h3-5H,2,6H2,1H3. The summed E-state index contributed by atoms with van der Waals surface area (Å²) < 4.78 is 40.6. The molecule has 0 aliphatic heterocycles. The molecule has 17 heavy (non-hydrogen) atoms. The average molecular weight is 267 g/mol. The van der Waals surface area contributed by atoms with E-state index < -0.39 is 17.9 Å². The van der Waals surface area contributed by atoms with Gasteiger partial charge in [0.25, 0.3) is 0 Å². The number of Topliss-reactive ketones (excluding diaryl/α,β-unsaturated/α-hetero) is 1. The molecule has 0 bridgehead atoms. The normalized spacial score (nSPS) is 11.4. The zero-order valence-corrected chi connectivity index (χ0v) is 9.73. The Bertz CT molecular complexity index is 416. The molecule has 1 rings (SSSR count). The number of halogens is 4. The maximum absolute atomic E-state index is 12.2. The number of benzene rings is 1. The number of alkyl halides is 4. The molecule has 1 aromatic rings. The summed E-state index contributed by atoms with van der Waals surface area (Å²) in [6.45, 7) is 1.67. The molecule has 0 saturated heterocycles. The Hall–Kier alpha value is -1.23. The maximum Gasteiger partial charge on any atom is 0.573 e. The van der Waals surface area contributed by atoms with Crippen molar-refractivity contribution in [2.75, 3.05) is 5.88 Å². The van der Waals surface area contributed by atoms with Gasteiger partial charge in [0.05, 0.1) is 11.4 Å². The van der Waals surface area contributed by atoms with Gasteiger partial charge in [-0.25, -0.2) is 0 Å². The number of para-hydroxylation sites is 1. The molecule has 0 aliphatic rings. The molecule has 0 atom stereocenters. The average Bonchev–Trinajstić information content (AvgIpc) is 2.26. The molecular formula is C11H10ClF3O2. The van der Waals surface area contributed by atoms with E-state index in [9.17, 15) is 18.0 Å². The Morgan fingerprint density at radius 3 is 2.53 bits per heavy atom. The molecule has 94 valence electrons. The minimum Gasteiger partial charge on any atom is -0.405 e. The van der Waals surface area contributed by atoms with E-state index in [0.717, 1.165) is 0 Å². The van der Waals surface area contributed by atoms with Crippen LogP contribution in [0.5, 0.6) is 5.75 Å². The van der Waals surface area contributed by atoms with Crippen molar-refractivity contribution in [2.45, 2.75) is 19.7 Å². The Morgan fingerprint density at radius 1 is 1.41 bits per heavy atom. The van der Waals surface area contributed by atoms with E-state index in [1.807, 2.05) is 0 Å². The highest BCUT2D eigenvalue weighted by molar-refractivity contribution is 6.30. The first-order chi connectivity index (χ1) is 7.89. The van der Waals surface area contributed by atoms with Gasteiger partial charge in [0, 0.05) is 0 Å². The zero-order valence-electron chi connectivity index (χ0n) is 8.97. The van der Waals surface area contributed by atoms with Gasteiger partial charge in [-0.3, -0.25) is 4.79 Å². The summed E-state index contributed by atoms with van der Waals surface area (Å²) in [6, 6.07) is 4.25. The highest BCUT2D eigenvalue weighted by atomic mass is 35.5. The SMILES string of the molecule is CCc1cccc(C(=O)CCl)c1OC(F)(F)F. The van der Waals surface area contributed by atoms with Crippen molar-refractivity contribution in [1.29, 1.82) is 0 Å². The smallest absolute Gasteiger partial charge is 0.405 e. The van der Waals surface area contributed by atoms with Crippen LogP contribution in [0.1, 0.15) is 22.8 Å². The molecule has 0 saturated carbocycles. The third-order valence-corrected chi connectivity index (χ3v) is 2.36. The molecule has 0 unspecified atom stereocenters. The van der Waals surface area contributed by atoms with Gasteiger partial charge in [0.2, 0.25) is 0 Å². The van der Waals surface area contributed by atoms with E-state index in [1.54, 1.807) is 6.92 Å². The summed E-state index contributed by atoms with van der Waals surface area (Å²) in [5.41, 5.74) is 0.176. The summed E-state index contributed by atoms with van der Waals surface area (Å²) in [5, 5.41) is 0. The molecule has 1 aromatic carbocycles. The fraction of sp³-hybridized carbons (Fsp3) is 0.364. The van der Waals surface area contributed by atoms with Gasteiger partial charge in [-0.2, -0.15) is 0 Å². The Kier molecular flexibility index (Phi) is 4.40. The van der Waals surface area contributed by atoms with E-state index >= 15 is 0 Å². The number of aryl methyl sites for hydroxylation is 1. The summed E-state index contributed by atoms with van der Waals surface area (Å²) in [4.78, 5) is 11.4. The van der Waals surface area contributed by atoms with Gasteiger partial charge < -0.3 is 4.74 Å². The lowest BCUT2D eigenvalue weighted by Crippen LogP contribution is -2.20. The quantitative estimate of drug-likeness (QED) is 0.615. The first-order valence-corrected chi connectivity index (χ1v) is 5.39. The first kappa shape index (κ1) is 13.8. The van der Waals surface area contributed by atoms with Crippen LogP contribution in [0.2, 0.25) is 0 Å². The molecule has 0 amide bonds. The van der Waals surface area contributed by atoms with Crippen molar-refractivity contribution >= 4 is 17.4 Å². The van der Waals surface area contributed by atoms with Crippen LogP contribution in [0.25, 0.3) is 0 Å². The monoisotopic (exact) mass is 266 g/mol. The molecule has 0 N–H and O–H groups in total. The third kappa shape index (κ3) is 3.63. The second kappa shape index (κ2) is 5.40. The van der Waals surface area contributed by atoms with Crippen molar-refractivity contribution in [3.63, 3.8) is 0 Å². The Labute approximate surface area is 101 Å². The lowest BCUT2D eigenvalue weighted by atomic mass is 10.0. The van der Waals surface area contributed by atoms with Gasteiger partial charge in [0.1, 0.15) is 5.75 Å². The highest BCUT2D eigenvalue weighted by Gasteiger charge is 2.33. The number of hydrogen-bond donors (Lipinski definition) is 0. The molecule has 0 spiro atoms. The molecule has 0 fully saturated rings. The summed E-state index contributed by atoms with van der Waals surface area (Å²) in [5.74, 6) is -1.43. The van der Waals surface area contributed by atoms with Crippen LogP contribution in [-0.4, -0.2) is 18.0 Å². The molecule has 0 aliphatic carbocycles. The summed E-state index contributed by atoms with van der Waals surface area (Å²) in [7, 11) is 0. The van der Waals surface area contributed by atoms with Gasteiger partial charge in [-0.05, 0) is 18.1 Å². The van der Waals surface area contributed by atoms with E-state index in [4.69, 9.17) is 11.6 Å². The van der Waals surface area contributed by atoms with Crippen LogP contribution in [0.15, 0.2) is 18.2 Å². The van der Waals surface area contributed by atoms with Crippen LogP contribution in [0.3, 0.4) is 0 Å².